The van der Waals surface area contributed by atoms with Crippen LogP contribution in [0.1, 0.15) is 12.5 Å². The van der Waals surface area contributed by atoms with Gasteiger partial charge < -0.3 is 13.7 Å². The minimum absolute atomic E-state index is 0.127. The second-order valence-corrected chi connectivity index (χ2v) is 4.38. The molecule has 0 amide bonds. The molecule has 102 valence electrons. The fourth-order valence-corrected chi connectivity index (χ4v) is 2.20. The van der Waals surface area contributed by atoms with Gasteiger partial charge in [0, 0.05) is 12.1 Å². The highest BCUT2D eigenvalue weighted by Crippen LogP contribution is 2.26. The van der Waals surface area contributed by atoms with Gasteiger partial charge in [-0.05, 0) is 18.1 Å². The molecular formula is C15H13NO4. The minimum atomic E-state index is -0.127. The Bertz CT molecular complexity index is 803. The molecule has 1 aromatic carbocycles. The first kappa shape index (κ1) is 12.5. The summed E-state index contributed by atoms with van der Waals surface area (Å²) in [5.74, 6) is 0.720. The molecule has 0 aliphatic carbocycles. The molecule has 2 heterocycles. The molecule has 20 heavy (non-hydrogen) atoms. The Kier molecular flexibility index (Phi) is 3.02. The highest BCUT2D eigenvalue weighted by atomic mass is 16.5. The van der Waals surface area contributed by atoms with Gasteiger partial charge in [0.25, 0.3) is 0 Å². The number of hydrogen-bond acceptors (Lipinski definition) is 5. The fourth-order valence-electron chi connectivity index (χ4n) is 2.20. The molecule has 2 aromatic heterocycles. The first-order chi connectivity index (χ1) is 9.74. The normalized spacial score (nSPS) is 10.9. The SMILES string of the molecule is CCc1cc2c(=O)c(-c3ccon3)coc2cc1OC. The summed E-state index contributed by atoms with van der Waals surface area (Å²) in [5, 5.41) is 4.29. The van der Waals surface area contributed by atoms with Crippen LogP contribution in [0, 0.1) is 0 Å². The molecule has 0 N–H and O–H groups in total. The third-order valence-electron chi connectivity index (χ3n) is 3.27. The van der Waals surface area contributed by atoms with E-state index < -0.39 is 0 Å². The van der Waals surface area contributed by atoms with Crippen molar-refractivity contribution in [2.45, 2.75) is 13.3 Å². The van der Waals surface area contributed by atoms with Crippen LogP contribution in [0.25, 0.3) is 22.2 Å². The molecule has 5 heteroatoms. The van der Waals surface area contributed by atoms with Crippen LogP contribution in [-0.2, 0) is 6.42 Å². The summed E-state index contributed by atoms with van der Waals surface area (Å²) in [7, 11) is 1.60. The topological polar surface area (TPSA) is 65.5 Å². The first-order valence-corrected chi connectivity index (χ1v) is 6.27. The molecule has 0 aliphatic heterocycles. The predicted octanol–water partition coefficient (Wildman–Crippen LogP) is 3.02. The summed E-state index contributed by atoms with van der Waals surface area (Å²) in [6.45, 7) is 2.01. The maximum atomic E-state index is 12.5. The quantitative estimate of drug-likeness (QED) is 0.732. The number of ether oxygens (including phenoxy) is 1. The van der Waals surface area contributed by atoms with E-state index in [1.165, 1.54) is 12.5 Å². The molecule has 0 saturated heterocycles. The lowest BCUT2D eigenvalue weighted by Crippen LogP contribution is -2.06. The Balaban J connectivity index is 2.30. The zero-order chi connectivity index (χ0) is 14.1. The number of hydrogen-bond donors (Lipinski definition) is 0. The van der Waals surface area contributed by atoms with Crippen LogP contribution >= 0.6 is 0 Å². The third kappa shape index (κ3) is 1.87. The molecular weight excluding hydrogens is 258 g/mol. The Morgan fingerprint density at radius 2 is 2.20 bits per heavy atom. The molecule has 5 nitrogen and oxygen atoms in total. The lowest BCUT2D eigenvalue weighted by molar-refractivity contribution is 0.409. The van der Waals surface area contributed by atoms with Gasteiger partial charge in [0.1, 0.15) is 29.6 Å². The van der Waals surface area contributed by atoms with E-state index in [9.17, 15) is 4.79 Å². The van der Waals surface area contributed by atoms with Crippen molar-refractivity contribution >= 4 is 11.0 Å². The van der Waals surface area contributed by atoms with Crippen LogP contribution < -0.4 is 10.2 Å². The van der Waals surface area contributed by atoms with Gasteiger partial charge in [0.05, 0.1) is 18.1 Å². The summed E-state index contributed by atoms with van der Waals surface area (Å²) in [5.41, 5.74) is 2.19. The van der Waals surface area contributed by atoms with Gasteiger partial charge in [-0.15, -0.1) is 0 Å². The summed E-state index contributed by atoms with van der Waals surface area (Å²) in [6, 6.07) is 5.17. The fraction of sp³-hybridized carbons (Fsp3) is 0.200. The van der Waals surface area contributed by atoms with Gasteiger partial charge in [0.2, 0.25) is 5.43 Å². The number of methoxy groups -OCH3 is 1. The van der Waals surface area contributed by atoms with Crippen molar-refractivity contribution in [3.05, 3.63) is 46.5 Å². The Morgan fingerprint density at radius 1 is 1.35 bits per heavy atom. The largest absolute Gasteiger partial charge is 0.496 e. The third-order valence-corrected chi connectivity index (χ3v) is 3.27. The standard InChI is InChI=1S/C15H13NO4/c1-3-9-6-10-14(7-13(9)18-2)19-8-11(15(10)17)12-4-5-20-16-12/h4-8H,3H2,1-2H3. The number of benzene rings is 1. The summed E-state index contributed by atoms with van der Waals surface area (Å²) < 4.78 is 15.6. The number of fused-ring (bicyclic) bond motifs is 1. The molecule has 0 fully saturated rings. The van der Waals surface area contributed by atoms with Crippen molar-refractivity contribution in [2.24, 2.45) is 0 Å². The smallest absolute Gasteiger partial charge is 0.202 e. The summed E-state index contributed by atoms with van der Waals surface area (Å²) in [6.07, 6.45) is 3.59. The lowest BCUT2D eigenvalue weighted by Gasteiger charge is -2.08. The maximum Gasteiger partial charge on any atom is 0.202 e. The van der Waals surface area contributed by atoms with E-state index in [1.54, 1.807) is 19.2 Å². The van der Waals surface area contributed by atoms with E-state index in [1.807, 2.05) is 13.0 Å². The van der Waals surface area contributed by atoms with Crippen molar-refractivity contribution < 1.29 is 13.7 Å². The van der Waals surface area contributed by atoms with Crippen molar-refractivity contribution in [3.63, 3.8) is 0 Å². The molecule has 0 unspecified atom stereocenters. The number of nitrogens with zero attached hydrogens (tertiary/aromatic N) is 1. The number of rotatable bonds is 3. The highest BCUT2D eigenvalue weighted by molar-refractivity contribution is 5.83. The minimum Gasteiger partial charge on any atom is -0.496 e. The molecule has 0 spiro atoms. The predicted molar refractivity (Wildman–Crippen MR) is 73.9 cm³/mol. The molecule has 0 saturated carbocycles. The zero-order valence-corrected chi connectivity index (χ0v) is 11.2. The van der Waals surface area contributed by atoms with E-state index in [0.717, 1.165) is 17.7 Å². The van der Waals surface area contributed by atoms with Gasteiger partial charge in [-0.1, -0.05) is 12.1 Å². The van der Waals surface area contributed by atoms with Crippen molar-refractivity contribution in [2.75, 3.05) is 7.11 Å². The molecule has 0 atom stereocenters. The maximum absolute atomic E-state index is 12.5. The molecule has 3 aromatic rings. The van der Waals surface area contributed by atoms with E-state index >= 15 is 0 Å². The van der Waals surface area contributed by atoms with Crippen LogP contribution in [0.5, 0.6) is 5.75 Å². The van der Waals surface area contributed by atoms with Crippen LogP contribution in [-0.4, -0.2) is 12.3 Å². The second kappa shape index (κ2) is 4.85. The lowest BCUT2D eigenvalue weighted by atomic mass is 10.1. The first-order valence-electron chi connectivity index (χ1n) is 6.27. The average molecular weight is 271 g/mol. The summed E-state index contributed by atoms with van der Waals surface area (Å²) >= 11 is 0. The van der Waals surface area contributed by atoms with Crippen LogP contribution in [0.3, 0.4) is 0 Å². The van der Waals surface area contributed by atoms with Gasteiger partial charge in [-0.25, -0.2) is 0 Å². The Morgan fingerprint density at radius 3 is 2.85 bits per heavy atom. The van der Waals surface area contributed by atoms with E-state index in [4.69, 9.17) is 13.7 Å². The van der Waals surface area contributed by atoms with E-state index in [-0.39, 0.29) is 5.43 Å². The highest BCUT2D eigenvalue weighted by Gasteiger charge is 2.14. The summed E-state index contributed by atoms with van der Waals surface area (Å²) in [4.78, 5) is 12.5. The number of aromatic nitrogens is 1. The number of aryl methyl sites for hydroxylation is 1. The van der Waals surface area contributed by atoms with Crippen molar-refractivity contribution in [1.82, 2.24) is 5.16 Å². The molecule has 0 radical (unpaired) electrons. The second-order valence-electron chi connectivity index (χ2n) is 4.38. The Hall–Kier alpha value is -2.56. The molecule has 0 aliphatic rings. The van der Waals surface area contributed by atoms with E-state index in [0.29, 0.717) is 22.2 Å². The Labute approximate surface area is 114 Å². The van der Waals surface area contributed by atoms with Gasteiger partial charge >= 0.3 is 0 Å². The average Bonchev–Trinajstić information content (AvgIpc) is 3.00. The molecule has 3 rings (SSSR count). The van der Waals surface area contributed by atoms with Crippen LogP contribution in [0.15, 0.2) is 44.5 Å². The van der Waals surface area contributed by atoms with Crippen molar-refractivity contribution in [3.8, 4) is 17.0 Å². The van der Waals surface area contributed by atoms with Gasteiger partial charge in [-0.2, -0.15) is 0 Å². The molecule has 0 bridgehead atoms. The monoisotopic (exact) mass is 271 g/mol. The zero-order valence-electron chi connectivity index (χ0n) is 11.2. The van der Waals surface area contributed by atoms with Gasteiger partial charge in [-0.3, -0.25) is 4.79 Å². The van der Waals surface area contributed by atoms with E-state index in [2.05, 4.69) is 5.16 Å². The van der Waals surface area contributed by atoms with Gasteiger partial charge in [0.15, 0.2) is 0 Å². The van der Waals surface area contributed by atoms with Crippen molar-refractivity contribution in [1.29, 1.82) is 0 Å². The van der Waals surface area contributed by atoms with Crippen LogP contribution in [0.2, 0.25) is 0 Å². The van der Waals surface area contributed by atoms with Crippen LogP contribution in [0.4, 0.5) is 0 Å².